The van der Waals surface area contributed by atoms with Crippen molar-refractivity contribution in [2.45, 2.75) is 38.1 Å². The molecule has 3 aromatic carbocycles. The molecule has 8 heteroatoms. The minimum absolute atomic E-state index is 0.249. The number of imide groups is 1. The Kier molecular flexibility index (Phi) is 6.38. The number of hydrogen-bond acceptors (Lipinski definition) is 5. The third kappa shape index (κ3) is 4.00. The van der Waals surface area contributed by atoms with E-state index in [-0.39, 0.29) is 23.7 Å². The van der Waals surface area contributed by atoms with Crippen molar-refractivity contribution < 1.29 is 23.9 Å². The summed E-state index contributed by atoms with van der Waals surface area (Å²) in [4.78, 5) is 54.2. The number of rotatable bonds is 6. The largest absolute Gasteiger partial charge is 0.454 e. The highest BCUT2D eigenvalue weighted by Crippen LogP contribution is 2.61. The van der Waals surface area contributed by atoms with Crippen LogP contribution in [0.15, 0.2) is 71.2 Å². The Balaban J connectivity index is 1.20. The second-order valence-electron chi connectivity index (χ2n) is 10.3. The number of halogens is 1. The van der Waals surface area contributed by atoms with E-state index in [1.807, 2.05) is 67.6 Å². The van der Waals surface area contributed by atoms with Crippen molar-refractivity contribution >= 4 is 45.3 Å². The zero-order valence-electron chi connectivity index (χ0n) is 21.5. The van der Waals surface area contributed by atoms with Gasteiger partial charge in [-0.1, -0.05) is 71.4 Å². The average Bonchev–Trinajstić information content (AvgIpc) is 3.22. The summed E-state index contributed by atoms with van der Waals surface area (Å²) in [5, 5.41) is 2.77. The van der Waals surface area contributed by atoms with Gasteiger partial charge in [0.1, 0.15) is 6.04 Å². The Bertz CT molecular complexity index is 1420. The molecule has 7 nitrogen and oxygen atoms in total. The molecule has 3 amide bonds. The molecule has 3 aliphatic carbocycles. The maximum atomic E-state index is 13.8. The SMILES string of the molecule is CCc1cc(Br)ccc1NC(=O)COC(=O)[C@H](C)N1C(=O)[C@H]2C3c4ccccc4C(c4ccccc43)[C@@H]2C1=O. The molecule has 39 heavy (non-hydrogen) atoms. The lowest BCUT2D eigenvalue weighted by Crippen LogP contribution is -2.45. The van der Waals surface area contributed by atoms with E-state index in [9.17, 15) is 19.2 Å². The summed E-state index contributed by atoms with van der Waals surface area (Å²) in [6.07, 6.45) is 0.711. The van der Waals surface area contributed by atoms with E-state index >= 15 is 0 Å². The van der Waals surface area contributed by atoms with Gasteiger partial charge in [0.05, 0.1) is 11.8 Å². The smallest absolute Gasteiger partial charge is 0.329 e. The van der Waals surface area contributed by atoms with Gasteiger partial charge < -0.3 is 10.1 Å². The summed E-state index contributed by atoms with van der Waals surface area (Å²) in [6, 6.07) is 20.3. The van der Waals surface area contributed by atoms with Crippen LogP contribution in [0.5, 0.6) is 0 Å². The lowest BCUT2D eigenvalue weighted by Gasteiger charge is -2.45. The van der Waals surface area contributed by atoms with Crippen molar-refractivity contribution in [3.63, 3.8) is 0 Å². The van der Waals surface area contributed by atoms with E-state index in [1.54, 1.807) is 6.07 Å². The zero-order valence-corrected chi connectivity index (χ0v) is 23.1. The normalized spacial score (nSPS) is 23.1. The highest BCUT2D eigenvalue weighted by molar-refractivity contribution is 9.10. The molecule has 3 atom stereocenters. The monoisotopic (exact) mass is 586 g/mol. The van der Waals surface area contributed by atoms with Gasteiger partial charge in [0.15, 0.2) is 6.61 Å². The molecular formula is C31H27BrN2O5. The van der Waals surface area contributed by atoms with Crippen LogP contribution < -0.4 is 5.32 Å². The summed E-state index contributed by atoms with van der Waals surface area (Å²) in [7, 11) is 0. The molecular weight excluding hydrogens is 560 g/mol. The molecule has 0 radical (unpaired) electrons. The minimum Gasteiger partial charge on any atom is -0.454 e. The number of nitrogens with zero attached hydrogens (tertiary/aromatic N) is 1. The Hall–Kier alpha value is -3.78. The first kappa shape index (κ1) is 25.5. The van der Waals surface area contributed by atoms with Gasteiger partial charge in [0, 0.05) is 22.0 Å². The van der Waals surface area contributed by atoms with Gasteiger partial charge in [-0.2, -0.15) is 0 Å². The number of carbonyl (C=O) groups excluding carboxylic acids is 4. The van der Waals surface area contributed by atoms with Gasteiger partial charge in [-0.3, -0.25) is 19.3 Å². The molecule has 1 aliphatic heterocycles. The molecule has 0 spiro atoms. The molecule has 1 fully saturated rings. The number of esters is 1. The van der Waals surface area contributed by atoms with Crippen molar-refractivity contribution in [2.75, 3.05) is 11.9 Å². The number of benzene rings is 3. The third-order valence-electron chi connectivity index (χ3n) is 8.28. The van der Waals surface area contributed by atoms with E-state index < -0.39 is 36.4 Å². The second-order valence-corrected chi connectivity index (χ2v) is 11.2. The van der Waals surface area contributed by atoms with Crippen molar-refractivity contribution in [3.8, 4) is 0 Å². The first-order valence-corrected chi connectivity index (χ1v) is 13.9. The van der Waals surface area contributed by atoms with Crippen LogP contribution in [0.1, 0.15) is 53.5 Å². The van der Waals surface area contributed by atoms with Crippen molar-refractivity contribution in [1.82, 2.24) is 4.90 Å². The van der Waals surface area contributed by atoms with E-state index in [0.29, 0.717) is 12.1 Å². The van der Waals surface area contributed by atoms with Crippen molar-refractivity contribution in [1.29, 1.82) is 0 Å². The summed E-state index contributed by atoms with van der Waals surface area (Å²) in [6.45, 7) is 2.94. The Labute approximate surface area is 234 Å². The van der Waals surface area contributed by atoms with Crippen LogP contribution in [-0.2, 0) is 30.3 Å². The van der Waals surface area contributed by atoms with Crippen LogP contribution in [0, 0.1) is 11.8 Å². The van der Waals surface area contributed by atoms with Gasteiger partial charge in [0.25, 0.3) is 5.91 Å². The highest BCUT2D eigenvalue weighted by atomic mass is 79.9. The predicted molar refractivity (Wildman–Crippen MR) is 148 cm³/mol. The van der Waals surface area contributed by atoms with E-state index in [0.717, 1.165) is 37.2 Å². The Morgan fingerprint density at radius 3 is 1.90 bits per heavy atom. The van der Waals surface area contributed by atoms with Crippen LogP contribution in [-0.4, -0.2) is 41.2 Å². The van der Waals surface area contributed by atoms with Crippen molar-refractivity contribution in [3.05, 3.63) is 99.0 Å². The number of ether oxygens (including phenoxy) is 1. The lowest BCUT2D eigenvalue weighted by atomic mass is 9.55. The number of carbonyl (C=O) groups is 4. The van der Waals surface area contributed by atoms with E-state index in [1.165, 1.54) is 6.92 Å². The minimum atomic E-state index is -1.15. The lowest BCUT2D eigenvalue weighted by molar-refractivity contribution is -0.159. The van der Waals surface area contributed by atoms with Gasteiger partial charge in [0.2, 0.25) is 11.8 Å². The maximum Gasteiger partial charge on any atom is 0.329 e. The molecule has 4 aliphatic rings. The van der Waals surface area contributed by atoms with Crippen LogP contribution in [0.2, 0.25) is 0 Å². The molecule has 1 heterocycles. The van der Waals surface area contributed by atoms with Gasteiger partial charge in [-0.05, 0) is 59.4 Å². The number of aryl methyl sites for hydroxylation is 1. The standard InChI is InChI=1S/C31H27BrN2O5/c1-3-17-14-18(32)12-13-23(17)33-24(35)15-39-31(38)16(2)34-29(36)27-25-19-8-4-5-9-20(19)26(28(27)30(34)37)22-11-7-6-10-21(22)25/h4-14,16,25-28H,3,15H2,1-2H3,(H,33,35)/t16-,25?,26?,27-,28-/m0/s1. The maximum absolute atomic E-state index is 13.8. The summed E-state index contributed by atoms with van der Waals surface area (Å²) < 4.78 is 6.18. The number of likely N-dealkylation sites (tertiary alicyclic amines) is 1. The van der Waals surface area contributed by atoms with Gasteiger partial charge >= 0.3 is 5.97 Å². The fraction of sp³-hybridized carbons (Fsp3) is 0.290. The molecule has 0 aromatic heterocycles. The molecule has 0 saturated carbocycles. The van der Waals surface area contributed by atoms with Crippen LogP contribution in [0.25, 0.3) is 0 Å². The quantitative estimate of drug-likeness (QED) is 0.331. The number of nitrogens with one attached hydrogen (secondary N) is 1. The molecule has 1 saturated heterocycles. The Morgan fingerprint density at radius 2 is 1.41 bits per heavy atom. The van der Waals surface area contributed by atoms with Gasteiger partial charge in [-0.15, -0.1) is 0 Å². The summed E-state index contributed by atoms with van der Waals surface area (Å²) in [5.41, 5.74) is 5.84. The van der Waals surface area contributed by atoms with Crippen LogP contribution in [0.4, 0.5) is 5.69 Å². The Morgan fingerprint density at radius 1 is 0.897 bits per heavy atom. The van der Waals surface area contributed by atoms with Gasteiger partial charge in [-0.25, -0.2) is 4.79 Å². The third-order valence-corrected chi connectivity index (χ3v) is 8.77. The molecule has 3 aromatic rings. The van der Waals surface area contributed by atoms with Crippen LogP contribution in [0.3, 0.4) is 0 Å². The number of anilines is 1. The zero-order chi connectivity index (χ0) is 27.4. The molecule has 2 bridgehead atoms. The fourth-order valence-corrected chi connectivity index (χ4v) is 7.02. The summed E-state index contributed by atoms with van der Waals surface area (Å²) in [5.74, 6) is -3.65. The molecule has 1 N–H and O–H groups in total. The molecule has 198 valence electrons. The molecule has 0 unspecified atom stereocenters. The highest BCUT2D eigenvalue weighted by Gasteiger charge is 2.62. The average molecular weight is 587 g/mol. The second kappa shape index (κ2) is 9.75. The topological polar surface area (TPSA) is 92.8 Å². The first-order valence-electron chi connectivity index (χ1n) is 13.1. The number of amides is 3. The summed E-state index contributed by atoms with van der Waals surface area (Å²) >= 11 is 3.42. The van der Waals surface area contributed by atoms with E-state index in [4.69, 9.17) is 4.74 Å². The van der Waals surface area contributed by atoms with Crippen LogP contribution >= 0.6 is 15.9 Å². The fourth-order valence-electron chi connectivity index (χ4n) is 6.61. The number of hydrogen-bond donors (Lipinski definition) is 1. The predicted octanol–water partition coefficient (Wildman–Crippen LogP) is 4.77. The molecule has 7 rings (SSSR count). The van der Waals surface area contributed by atoms with E-state index in [2.05, 4.69) is 21.2 Å². The first-order chi connectivity index (χ1) is 18.8. The van der Waals surface area contributed by atoms with Crippen molar-refractivity contribution in [2.24, 2.45) is 11.8 Å².